The van der Waals surface area contributed by atoms with Crippen molar-refractivity contribution in [2.75, 3.05) is 18.9 Å². The molecule has 1 fully saturated rings. The molecule has 1 aliphatic rings. The van der Waals surface area contributed by atoms with Gasteiger partial charge in [-0.15, -0.1) is 0 Å². The van der Waals surface area contributed by atoms with Crippen LogP contribution < -0.4 is 16.0 Å². The van der Waals surface area contributed by atoms with Crippen LogP contribution in [0.3, 0.4) is 0 Å². The van der Waals surface area contributed by atoms with E-state index in [4.69, 9.17) is 11.6 Å². The van der Waals surface area contributed by atoms with E-state index in [0.29, 0.717) is 22.7 Å². The van der Waals surface area contributed by atoms with Crippen LogP contribution in [0.4, 0.5) is 5.69 Å². The summed E-state index contributed by atoms with van der Waals surface area (Å²) < 4.78 is 0. The quantitative estimate of drug-likeness (QED) is 0.793. The molecule has 1 saturated heterocycles. The second-order valence-corrected chi connectivity index (χ2v) is 5.25. The fourth-order valence-electron chi connectivity index (χ4n) is 2.30. The molecule has 1 unspecified atom stereocenters. The lowest BCUT2D eigenvalue weighted by Gasteiger charge is -2.13. The fourth-order valence-corrected chi connectivity index (χ4v) is 2.48. The van der Waals surface area contributed by atoms with Crippen LogP contribution in [0.1, 0.15) is 29.6 Å². The molecule has 1 aromatic carbocycles. The predicted molar refractivity (Wildman–Crippen MR) is 79.1 cm³/mol. The molecule has 108 valence electrons. The first-order chi connectivity index (χ1) is 9.60. The first-order valence-electron chi connectivity index (χ1n) is 6.65. The Morgan fingerprint density at radius 1 is 1.45 bits per heavy atom. The fraction of sp³-hybridized carbons (Fsp3) is 0.429. The van der Waals surface area contributed by atoms with Gasteiger partial charge in [-0.05, 0) is 37.6 Å². The van der Waals surface area contributed by atoms with Crippen molar-refractivity contribution in [3.8, 4) is 0 Å². The van der Waals surface area contributed by atoms with Crippen LogP contribution in [-0.2, 0) is 4.79 Å². The van der Waals surface area contributed by atoms with E-state index < -0.39 is 0 Å². The van der Waals surface area contributed by atoms with Gasteiger partial charge in [-0.3, -0.25) is 9.59 Å². The number of rotatable bonds is 4. The third-order valence-electron chi connectivity index (χ3n) is 3.32. The minimum atomic E-state index is -0.276. The second-order valence-electron chi connectivity index (χ2n) is 4.81. The number of hydrogen-bond acceptors (Lipinski definition) is 3. The van der Waals surface area contributed by atoms with Crippen molar-refractivity contribution in [2.24, 2.45) is 0 Å². The lowest BCUT2D eigenvalue weighted by atomic mass is 10.1. The zero-order valence-corrected chi connectivity index (χ0v) is 12.1. The number of hydrogen-bond donors (Lipinski definition) is 3. The standard InChI is InChI=1S/C14H18ClN3O2/c1-16-14(20)11-7-9(15)4-5-12(11)18-13(19)8-10-3-2-6-17-10/h4-5,7,10,17H,2-3,6,8H2,1H3,(H,16,20)(H,18,19). The largest absolute Gasteiger partial charge is 0.355 e. The van der Waals surface area contributed by atoms with Gasteiger partial charge in [0.1, 0.15) is 0 Å². The molecule has 0 spiro atoms. The maximum absolute atomic E-state index is 12.0. The van der Waals surface area contributed by atoms with E-state index in [0.717, 1.165) is 19.4 Å². The van der Waals surface area contributed by atoms with Gasteiger partial charge >= 0.3 is 0 Å². The molecule has 2 rings (SSSR count). The van der Waals surface area contributed by atoms with Crippen LogP contribution >= 0.6 is 11.6 Å². The molecule has 1 heterocycles. The van der Waals surface area contributed by atoms with Crippen LogP contribution in [-0.4, -0.2) is 31.4 Å². The van der Waals surface area contributed by atoms with E-state index >= 15 is 0 Å². The number of anilines is 1. The van der Waals surface area contributed by atoms with E-state index in [-0.39, 0.29) is 17.9 Å². The Labute approximate surface area is 123 Å². The summed E-state index contributed by atoms with van der Waals surface area (Å²) in [5, 5.41) is 9.04. The molecular weight excluding hydrogens is 278 g/mol. The second kappa shape index (κ2) is 6.72. The van der Waals surface area contributed by atoms with E-state index in [2.05, 4.69) is 16.0 Å². The van der Waals surface area contributed by atoms with Gasteiger partial charge in [0.25, 0.3) is 5.91 Å². The maximum Gasteiger partial charge on any atom is 0.253 e. The molecule has 0 aliphatic carbocycles. The number of halogens is 1. The molecule has 1 aromatic rings. The van der Waals surface area contributed by atoms with Gasteiger partial charge in [0.05, 0.1) is 11.3 Å². The Morgan fingerprint density at radius 3 is 2.90 bits per heavy atom. The molecule has 0 bridgehead atoms. The lowest BCUT2D eigenvalue weighted by Crippen LogP contribution is -2.28. The highest BCUT2D eigenvalue weighted by atomic mass is 35.5. The van der Waals surface area contributed by atoms with E-state index in [9.17, 15) is 9.59 Å². The molecule has 1 atom stereocenters. The van der Waals surface area contributed by atoms with Crippen molar-refractivity contribution in [3.63, 3.8) is 0 Å². The average molecular weight is 296 g/mol. The Kier molecular flexibility index (Phi) is 4.98. The van der Waals surface area contributed by atoms with Crippen LogP contribution in [0.25, 0.3) is 0 Å². The molecule has 0 saturated carbocycles. The molecule has 20 heavy (non-hydrogen) atoms. The SMILES string of the molecule is CNC(=O)c1cc(Cl)ccc1NC(=O)CC1CCCN1. The summed E-state index contributed by atoms with van der Waals surface area (Å²) in [5.41, 5.74) is 0.851. The first-order valence-corrected chi connectivity index (χ1v) is 7.03. The number of benzene rings is 1. The van der Waals surface area contributed by atoms with Gasteiger partial charge < -0.3 is 16.0 Å². The topological polar surface area (TPSA) is 70.2 Å². The van der Waals surface area contributed by atoms with Crippen LogP contribution in [0.15, 0.2) is 18.2 Å². The normalized spacial score (nSPS) is 17.8. The number of carbonyl (C=O) groups is 2. The molecule has 6 heteroatoms. The lowest BCUT2D eigenvalue weighted by molar-refractivity contribution is -0.116. The predicted octanol–water partition coefficient (Wildman–Crippen LogP) is 1.78. The highest BCUT2D eigenvalue weighted by molar-refractivity contribution is 6.31. The monoisotopic (exact) mass is 295 g/mol. The van der Waals surface area contributed by atoms with Crippen molar-refractivity contribution < 1.29 is 9.59 Å². The van der Waals surface area contributed by atoms with Crippen molar-refractivity contribution >= 4 is 29.1 Å². The molecule has 0 aromatic heterocycles. The summed E-state index contributed by atoms with van der Waals surface area (Å²) >= 11 is 5.89. The maximum atomic E-state index is 12.0. The van der Waals surface area contributed by atoms with Crippen molar-refractivity contribution in [3.05, 3.63) is 28.8 Å². The van der Waals surface area contributed by atoms with Gasteiger partial charge in [-0.2, -0.15) is 0 Å². The number of carbonyl (C=O) groups excluding carboxylic acids is 2. The molecular formula is C14H18ClN3O2. The number of amides is 2. The summed E-state index contributed by atoms with van der Waals surface area (Å²) in [7, 11) is 1.54. The summed E-state index contributed by atoms with van der Waals surface area (Å²) in [5.74, 6) is -0.376. The minimum Gasteiger partial charge on any atom is -0.355 e. The van der Waals surface area contributed by atoms with Crippen molar-refractivity contribution in [1.29, 1.82) is 0 Å². The Balaban J connectivity index is 2.07. The molecule has 0 radical (unpaired) electrons. The summed E-state index contributed by atoms with van der Waals surface area (Å²) in [4.78, 5) is 23.8. The Morgan fingerprint density at radius 2 is 2.25 bits per heavy atom. The zero-order chi connectivity index (χ0) is 14.5. The number of nitrogens with one attached hydrogen (secondary N) is 3. The van der Waals surface area contributed by atoms with Crippen molar-refractivity contribution in [1.82, 2.24) is 10.6 Å². The van der Waals surface area contributed by atoms with E-state index in [1.54, 1.807) is 18.2 Å². The van der Waals surface area contributed by atoms with Crippen molar-refractivity contribution in [2.45, 2.75) is 25.3 Å². The summed E-state index contributed by atoms with van der Waals surface area (Å²) in [6.07, 6.45) is 2.52. The zero-order valence-electron chi connectivity index (χ0n) is 11.3. The molecule has 5 nitrogen and oxygen atoms in total. The third kappa shape index (κ3) is 3.71. The Hall–Kier alpha value is -1.59. The Bertz CT molecular complexity index is 513. The van der Waals surface area contributed by atoms with Gasteiger partial charge in [-0.25, -0.2) is 0 Å². The third-order valence-corrected chi connectivity index (χ3v) is 3.56. The van der Waals surface area contributed by atoms with Gasteiger partial charge in [0, 0.05) is 24.5 Å². The molecule has 1 aliphatic heterocycles. The summed E-state index contributed by atoms with van der Waals surface area (Å²) in [6.45, 7) is 0.961. The van der Waals surface area contributed by atoms with Gasteiger partial charge in [0.2, 0.25) is 5.91 Å². The minimum absolute atomic E-state index is 0.100. The molecule has 3 N–H and O–H groups in total. The van der Waals surface area contributed by atoms with E-state index in [1.807, 2.05) is 0 Å². The smallest absolute Gasteiger partial charge is 0.253 e. The summed E-state index contributed by atoms with van der Waals surface area (Å²) in [6, 6.07) is 5.07. The average Bonchev–Trinajstić information content (AvgIpc) is 2.92. The highest BCUT2D eigenvalue weighted by Crippen LogP contribution is 2.21. The van der Waals surface area contributed by atoms with Gasteiger partial charge in [-0.1, -0.05) is 11.6 Å². The van der Waals surface area contributed by atoms with Crippen LogP contribution in [0, 0.1) is 0 Å². The van der Waals surface area contributed by atoms with Crippen LogP contribution in [0.2, 0.25) is 5.02 Å². The van der Waals surface area contributed by atoms with Gasteiger partial charge in [0.15, 0.2) is 0 Å². The molecule has 2 amide bonds. The first kappa shape index (κ1) is 14.8. The van der Waals surface area contributed by atoms with E-state index in [1.165, 1.54) is 7.05 Å². The highest BCUT2D eigenvalue weighted by Gasteiger charge is 2.19. The van der Waals surface area contributed by atoms with Crippen LogP contribution in [0.5, 0.6) is 0 Å².